The van der Waals surface area contributed by atoms with E-state index >= 15 is 0 Å². The van der Waals surface area contributed by atoms with E-state index < -0.39 is 28.8 Å². The van der Waals surface area contributed by atoms with Crippen LogP contribution in [0.15, 0.2) is 29.2 Å². The maximum atomic E-state index is 13.0. The zero-order valence-electron chi connectivity index (χ0n) is 9.19. The quantitative estimate of drug-likeness (QED) is 0.756. The van der Waals surface area contributed by atoms with Crippen molar-refractivity contribution in [2.45, 2.75) is 11.3 Å². The maximum absolute atomic E-state index is 13.0. The fraction of sp³-hybridized carbons (Fsp3) is 0.400. The minimum atomic E-state index is -4.15. The predicted octanol–water partition coefficient (Wildman–Crippen LogP) is 2.32. The van der Waals surface area contributed by atoms with Crippen molar-refractivity contribution in [3.8, 4) is 0 Å². The SMILES string of the molecule is O=S(=O)(c1cccc(F)c1)N(CCCl)CC(F)F. The third-order valence-corrected chi connectivity index (χ3v) is 4.14. The van der Waals surface area contributed by atoms with Gasteiger partial charge in [-0.05, 0) is 18.2 Å². The Kier molecular flexibility index (Phi) is 5.43. The number of halogens is 4. The largest absolute Gasteiger partial charge is 0.252 e. The second-order valence-electron chi connectivity index (χ2n) is 3.40. The third-order valence-electron chi connectivity index (χ3n) is 2.11. The van der Waals surface area contributed by atoms with Crippen LogP contribution in [-0.2, 0) is 10.0 Å². The standard InChI is InChI=1S/C10H11ClF3NO2S/c11-4-5-15(7-10(13)14)18(16,17)9-3-1-2-8(12)6-9/h1-3,6,10H,4-5,7H2. The summed E-state index contributed by atoms with van der Waals surface area (Å²) < 4.78 is 62.1. The van der Waals surface area contributed by atoms with E-state index in [1.54, 1.807) is 0 Å². The second kappa shape index (κ2) is 6.40. The first-order valence-electron chi connectivity index (χ1n) is 4.97. The van der Waals surface area contributed by atoms with Crippen molar-refractivity contribution in [2.24, 2.45) is 0 Å². The van der Waals surface area contributed by atoms with Gasteiger partial charge < -0.3 is 0 Å². The van der Waals surface area contributed by atoms with Crippen LogP contribution in [0.2, 0.25) is 0 Å². The molecule has 0 amide bonds. The lowest BCUT2D eigenvalue weighted by atomic mass is 10.4. The van der Waals surface area contributed by atoms with Crippen LogP contribution >= 0.6 is 11.6 Å². The van der Waals surface area contributed by atoms with Crippen molar-refractivity contribution in [3.05, 3.63) is 30.1 Å². The van der Waals surface area contributed by atoms with E-state index in [1.807, 2.05) is 0 Å². The highest BCUT2D eigenvalue weighted by Gasteiger charge is 2.26. The molecular weight excluding hydrogens is 291 g/mol. The van der Waals surface area contributed by atoms with Crippen LogP contribution in [0.1, 0.15) is 0 Å². The van der Waals surface area contributed by atoms with Crippen LogP contribution in [-0.4, -0.2) is 38.1 Å². The molecule has 0 radical (unpaired) electrons. The van der Waals surface area contributed by atoms with Crippen LogP contribution in [0.25, 0.3) is 0 Å². The van der Waals surface area contributed by atoms with Gasteiger partial charge in [-0.2, -0.15) is 4.31 Å². The topological polar surface area (TPSA) is 37.4 Å². The second-order valence-corrected chi connectivity index (χ2v) is 5.72. The summed E-state index contributed by atoms with van der Waals surface area (Å²) in [5, 5.41) is 0. The first kappa shape index (κ1) is 15.3. The average Bonchev–Trinajstić information content (AvgIpc) is 2.28. The Labute approximate surface area is 108 Å². The normalized spacial score (nSPS) is 12.3. The number of hydrogen-bond donors (Lipinski definition) is 0. The van der Waals surface area contributed by atoms with Crippen LogP contribution < -0.4 is 0 Å². The van der Waals surface area contributed by atoms with E-state index in [1.165, 1.54) is 6.07 Å². The van der Waals surface area contributed by atoms with Crippen LogP contribution in [0.3, 0.4) is 0 Å². The maximum Gasteiger partial charge on any atom is 0.252 e. The molecule has 0 aliphatic rings. The molecule has 1 aromatic rings. The molecule has 8 heteroatoms. The molecule has 0 N–H and O–H groups in total. The molecule has 1 rings (SSSR count). The van der Waals surface area contributed by atoms with Crippen molar-refractivity contribution in [1.82, 2.24) is 4.31 Å². The Hall–Kier alpha value is -0.790. The van der Waals surface area contributed by atoms with Gasteiger partial charge in [-0.3, -0.25) is 0 Å². The Bertz CT molecular complexity index is 496. The van der Waals surface area contributed by atoms with Crippen molar-refractivity contribution in [2.75, 3.05) is 19.0 Å². The van der Waals surface area contributed by atoms with Crippen molar-refractivity contribution < 1.29 is 21.6 Å². The summed E-state index contributed by atoms with van der Waals surface area (Å²) in [6, 6.07) is 4.19. The summed E-state index contributed by atoms with van der Waals surface area (Å²) in [7, 11) is -4.15. The highest BCUT2D eigenvalue weighted by Crippen LogP contribution is 2.17. The molecule has 0 aromatic heterocycles. The van der Waals surface area contributed by atoms with Gasteiger partial charge in [0, 0.05) is 12.4 Å². The number of nitrogens with zero attached hydrogens (tertiary/aromatic N) is 1. The Balaban J connectivity index is 3.08. The summed E-state index contributed by atoms with van der Waals surface area (Å²) in [6.07, 6.45) is -2.82. The van der Waals surface area contributed by atoms with E-state index in [0.29, 0.717) is 4.31 Å². The van der Waals surface area contributed by atoms with E-state index in [4.69, 9.17) is 11.6 Å². The highest BCUT2D eigenvalue weighted by molar-refractivity contribution is 7.89. The summed E-state index contributed by atoms with van der Waals surface area (Å²) in [5.74, 6) is -0.875. The fourth-order valence-electron chi connectivity index (χ4n) is 1.33. The molecule has 0 heterocycles. The van der Waals surface area contributed by atoms with Crippen molar-refractivity contribution >= 4 is 21.6 Å². The molecule has 0 aliphatic heterocycles. The highest BCUT2D eigenvalue weighted by atomic mass is 35.5. The van der Waals surface area contributed by atoms with E-state index in [9.17, 15) is 21.6 Å². The van der Waals surface area contributed by atoms with E-state index in [-0.39, 0.29) is 17.3 Å². The first-order valence-corrected chi connectivity index (χ1v) is 6.95. The van der Waals surface area contributed by atoms with Gasteiger partial charge in [-0.25, -0.2) is 21.6 Å². The zero-order valence-corrected chi connectivity index (χ0v) is 10.8. The number of benzene rings is 1. The van der Waals surface area contributed by atoms with E-state index in [2.05, 4.69) is 0 Å². The van der Waals surface area contributed by atoms with Crippen LogP contribution in [0.5, 0.6) is 0 Å². The zero-order chi connectivity index (χ0) is 13.8. The molecule has 0 fully saturated rings. The summed E-state index contributed by atoms with van der Waals surface area (Å²) in [5.41, 5.74) is 0. The molecule has 0 bridgehead atoms. The monoisotopic (exact) mass is 301 g/mol. The molecule has 0 atom stereocenters. The molecule has 0 aliphatic carbocycles. The van der Waals surface area contributed by atoms with Gasteiger partial charge in [0.15, 0.2) is 0 Å². The first-order chi connectivity index (χ1) is 8.37. The molecule has 0 spiro atoms. The third kappa shape index (κ3) is 3.86. The number of rotatable bonds is 6. The summed E-state index contributed by atoms with van der Waals surface area (Å²) in [6.45, 7) is -1.23. The van der Waals surface area contributed by atoms with Crippen LogP contribution in [0.4, 0.5) is 13.2 Å². The number of alkyl halides is 3. The lowest BCUT2D eigenvalue weighted by Gasteiger charge is -2.20. The predicted molar refractivity (Wildman–Crippen MR) is 61.9 cm³/mol. The van der Waals surface area contributed by atoms with Gasteiger partial charge in [0.2, 0.25) is 10.0 Å². The Morgan fingerprint density at radius 3 is 2.50 bits per heavy atom. The molecule has 18 heavy (non-hydrogen) atoms. The molecule has 0 unspecified atom stereocenters. The van der Waals surface area contributed by atoms with Gasteiger partial charge in [0.05, 0.1) is 11.4 Å². The smallest absolute Gasteiger partial charge is 0.209 e. The van der Waals surface area contributed by atoms with Gasteiger partial charge in [0.1, 0.15) is 5.82 Å². The molecule has 102 valence electrons. The summed E-state index contributed by atoms with van der Waals surface area (Å²) in [4.78, 5) is -0.367. The number of hydrogen-bond acceptors (Lipinski definition) is 2. The minimum Gasteiger partial charge on any atom is -0.209 e. The summed E-state index contributed by atoms with van der Waals surface area (Å²) >= 11 is 5.38. The van der Waals surface area contributed by atoms with Crippen molar-refractivity contribution in [3.63, 3.8) is 0 Å². The van der Waals surface area contributed by atoms with Gasteiger partial charge in [0.25, 0.3) is 6.43 Å². The molecule has 3 nitrogen and oxygen atoms in total. The van der Waals surface area contributed by atoms with Crippen LogP contribution in [0, 0.1) is 5.82 Å². The van der Waals surface area contributed by atoms with E-state index in [0.717, 1.165) is 18.2 Å². The minimum absolute atomic E-state index is 0.124. The Morgan fingerprint density at radius 1 is 1.33 bits per heavy atom. The lowest BCUT2D eigenvalue weighted by molar-refractivity contribution is 0.121. The molecule has 0 saturated carbocycles. The van der Waals surface area contributed by atoms with Gasteiger partial charge >= 0.3 is 0 Å². The molecule has 0 saturated heterocycles. The molecule has 1 aromatic carbocycles. The van der Waals surface area contributed by atoms with Gasteiger partial charge in [-0.1, -0.05) is 6.07 Å². The van der Waals surface area contributed by atoms with Crippen molar-refractivity contribution in [1.29, 1.82) is 0 Å². The molecular formula is C10H11ClF3NO2S. The number of sulfonamides is 1. The Morgan fingerprint density at radius 2 is 2.00 bits per heavy atom. The van der Waals surface area contributed by atoms with Gasteiger partial charge in [-0.15, -0.1) is 11.6 Å². The lowest BCUT2D eigenvalue weighted by Crippen LogP contribution is -2.36. The average molecular weight is 302 g/mol. The fourth-order valence-corrected chi connectivity index (χ4v) is 3.09.